The van der Waals surface area contributed by atoms with E-state index in [-0.39, 0.29) is 11.9 Å². The second-order valence-corrected chi connectivity index (χ2v) is 5.62. The van der Waals surface area contributed by atoms with Gasteiger partial charge in [-0.25, -0.2) is 0 Å². The maximum Gasteiger partial charge on any atom is 0.235 e. The average molecular weight is 255 g/mol. The summed E-state index contributed by atoms with van der Waals surface area (Å²) in [5.41, 5.74) is 5.48. The molecule has 0 radical (unpaired) electrons. The first-order valence-electron chi connectivity index (χ1n) is 6.92. The van der Waals surface area contributed by atoms with Crippen LogP contribution in [-0.4, -0.2) is 55.2 Å². The quantitative estimate of drug-likeness (QED) is 0.706. The minimum Gasteiger partial charge on any atom is -0.381 e. The van der Waals surface area contributed by atoms with E-state index in [0.717, 1.165) is 25.9 Å². The highest BCUT2D eigenvalue weighted by molar-refractivity contribution is 5.80. The summed E-state index contributed by atoms with van der Waals surface area (Å²) < 4.78 is 5.40. The van der Waals surface area contributed by atoms with Gasteiger partial charge < -0.3 is 15.8 Å². The van der Waals surface area contributed by atoms with Crippen molar-refractivity contribution in [3.63, 3.8) is 0 Å². The number of hydrogen-bond acceptors (Lipinski definition) is 4. The fourth-order valence-corrected chi connectivity index (χ4v) is 2.66. The number of amides is 1. The molecule has 3 atom stereocenters. The monoisotopic (exact) mass is 255 g/mol. The number of rotatable bonds is 6. The maximum atomic E-state index is 11.5. The van der Waals surface area contributed by atoms with Crippen LogP contribution in [0.5, 0.6) is 0 Å². The summed E-state index contributed by atoms with van der Waals surface area (Å²) in [7, 11) is 1.77. The van der Waals surface area contributed by atoms with E-state index in [1.54, 1.807) is 7.11 Å². The predicted molar refractivity (Wildman–Crippen MR) is 70.2 cm³/mol. The van der Waals surface area contributed by atoms with E-state index in [4.69, 9.17) is 10.5 Å². The molecule has 5 nitrogen and oxygen atoms in total. The van der Waals surface area contributed by atoms with E-state index in [0.29, 0.717) is 18.2 Å². The summed E-state index contributed by atoms with van der Waals surface area (Å²) in [6, 6.07) is 0.750. The van der Waals surface area contributed by atoms with Crippen LogP contribution >= 0.6 is 0 Å². The Kier molecular flexibility index (Phi) is 4.59. The minimum absolute atomic E-state index is 0.209. The van der Waals surface area contributed by atoms with Crippen LogP contribution in [0, 0.1) is 0 Å². The second kappa shape index (κ2) is 5.99. The van der Waals surface area contributed by atoms with Gasteiger partial charge in [0.25, 0.3) is 0 Å². The van der Waals surface area contributed by atoms with Gasteiger partial charge >= 0.3 is 0 Å². The molecule has 3 N–H and O–H groups in total. The van der Waals surface area contributed by atoms with Crippen molar-refractivity contribution in [2.75, 3.05) is 20.2 Å². The van der Waals surface area contributed by atoms with E-state index in [2.05, 4.69) is 17.1 Å². The molecule has 1 saturated heterocycles. The van der Waals surface area contributed by atoms with Crippen molar-refractivity contribution in [3.8, 4) is 0 Å². The molecular formula is C13H25N3O2. The van der Waals surface area contributed by atoms with Crippen LogP contribution in [0.25, 0.3) is 0 Å². The van der Waals surface area contributed by atoms with Crippen LogP contribution in [-0.2, 0) is 9.53 Å². The molecule has 2 rings (SSSR count). The largest absolute Gasteiger partial charge is 0.381 e. The van der Waals surface area contributed by atoms with Crippen molar-refractivity contribution in [1.29, 1.82) is 0 Å². The van der Waals surface area contributed by atoms with E-state index in [1.807, 2.05) is 0 Å². The minimum atomic E-state index is -0.233. The molecule has 2 aliphatic rings. The number of piperidine rings is 1. The first-order chi connectivity index (χ1) is 8.60. The maximum absolute atomic E-state index is 11.5. The third-order valence-electron chi connectivity index (χ3n) is 4.07. The van der Waals surface area contributed by atoms with Crippen molar-refractivity contribution in [2.45, 2.75) is 56.8 Å². The van der Waals surface area contributed by atoms with Gasteiger partial charge in [-0.3, -0.25) is 9.69 Å². The van der Waals surface area contributed by atoms with Crippen molar-refractivity contribution in [3.05, 3.63) is 0 Å². The number of hydrogen-bond donors (Lipinski definition) is 2. The standard InChI is InChI=1S/C13H25N3O2/c1-9-7-11(18-2)5-6-16(9)8-12(13(14)17)15-10-3-4-10/h9-12,15H,3-8H2,1-2H3,(H2,14,17). The number of nitrogens with zero attached hydrogens (tertiary/aromatic N) is 1. The third-order valence-corrected chi connectivity index (χ3v) is 4.07. The molecule has 5 heteroatoms. The van der Waals surface area contributed by atoms with Gasteiger partial charge in [0.1, 0.15) is 0 Å². The van der Waals surface area contributed by atoms with Gasteiger partial charge in [-0.15, -0.1) is 0 Å². The number of nitrogens with two attached hydrogens (primary N) is 1. The molecule has 0 aromatic carbocycles. The number of likely N-dealkylation sites (tertiary alicyclic amines) is 1. The van der Waals surface area contributed by atoms with Gasteiger partial charge in [0, 0.05) is 32.3 Å². The Morgan fingerprint density at radius 2 is 2.22 bits per heavy atom. The van der Waals surface area contributed by atoms with Gasteiger partial charge in [-0.1, -0.05) is 0 Å². The summed E-state index contributed by atoms with van der Waals surface area (Å²) in [6.07, 6.45) is 4.77. The highest BCUT2D eigenvalue weighted by atomic mass is 16.5. The van der Waals surface area contributed by atoms with Gasteiger partial charge in [0.2, 0.25) is 5.91 Å². The van der Waals surface area contributed by atoms with Crippen LogP contribution in [0.1, 0.15) is 32.6 Å². The smallest absolute Gasteiger partial charge is 0.235 e. The summed E-state index contributed by atoms with van der Waals surface area (Å²) in [5, 5.41) is 3.34. The molecule has 3 unspecified atom stereocenters. The number of primary amides is 1. The zero-order valence-electron chi connectivity index (χ0n) is 11.4. The Balaban J connectivity index is 1.84. The first kappa shape index (κ1) is 13.8. The van der Waals surface area contributed by atoms with Crippen molar-refractivity contribution in [2.24, 2.45) is 5.73 Å². The second-order valence-electron chi connectivity index (χ2n) is 5.62. The predicted octanol–water partition coefficient (Wildman–Crippen LogP) is 0.0916. The lowest BCUT2D eigenvalue weighted by molar-refractivity contribution is -0.121. The third kappa shape index (κ3) is 3.67. The van der Waals surface area contributed by atoms with E-state index >= 15 is 0 Å². The molecule has 1 aliphatic carbocycles. The number of carbonyl (C=O) groups excluding carboxylic acids is 1. The topological polar surface area (TPSA) is 67.6 Å². The number of ether oxygens (including phenoxy) is 1. The lowest BCUT2D eigenvalue weighted by atomic mass is 10.00. The lowest BCUT2D eigenvalue weighted by Crippen LogP contribution is -2.54. The number of methoxy groups -OCH3 is 1. The summed E-state index contributed by atoms with van der Waals surface area (Å²) in [5.74, 6) is -0.233. The van der Waals surface area contributed by atoms with Crippen LogP contribution in [0.4, 0.5) is 0 Å². The van der Waals surface area contributed by atoms with Gasteiger partial charge in [-0.05, 0) is 32.6 Å². The molecule has 18 heavy (non-hydrogen) atoms. The number of carbonyl (C=O) groups is 1. The zero-order valence-corrected chi connectivity index (χ0v) is 11.4. The van der Waals surface area contributed by atoms with Gasteiger partial charge in [0.05, 0.1) is 12.1 Å². The highest BCUT2D eigenvalue weighted by Gasteiger charge is 2.32. The Hall–Kier alpha value is -0.650. The van der Waals surface area contributed by atoms with Crippen LogP contribution in [0.15, 0.2) is 0 Å². The highest BCUT2D eigenvalue weighted by Crippen LogP contribution is 2.22. The Bertz CT molecular complexity index is 294. The first-order valence-corrected chi connectivity index (χ1v) is 6.92. The Morgan fingerprint density at radius 3 is 2.72 bits per heavy atom. The molecule has 1 heterocycles. The van der Waals surface area contributed by atoms with Crippen LogP contribution in [0.2, 0.25) is 0 Å². The van der Waals surface area contributed by atoms with Crippen LogP contribution in [0.3, 0.4) is 0 Å². The molecule has 1 aliphatic heterocycles. The molecule has 2 fully saturated rings. The average Bonchev–Trinajstić information content (AvgIpc) is 3.14. The van der Waals surface area contributed by atoms with E-state index < -0.39 is 0 Å². The summed E-state index contributed by atoms with van der Waals surface area (Å²) in [4.78, 5) is 13.8. The van der Waals surface area contributed by atoms with E-state index in [9.17, 15) is 4.79 Å². The lowest BCUT2D eigenvalue weighted by Gasteiger charge is -2.38. The zero-order chi connectivity index (χ0) is 13.1. The number of nitrogens with one attached hydrogen (secondary N) is 1. The van der Waals surface area contributed by atoms with Gasteiger partial charge in [-0.2, -0.15) is 0 Å². The molecule has 0 spiro atoms. The summed E-state index contributed by atoms with van der Waals surface area (Å²) in [6.45, 7) is 3.90. The molecule has 1 amide bonds. The molecule has 104 valence electrons. The molecular weight excluding hydrogens is 230 g/mol. The fourth-order valence-electron chi connectivity index (χ4n) is 2.66. The van der Waals surface area contributed by atoms with Crippen molar-refractivity contribution in [1.82, 2.24) is 10.2 Å². The normalized spacial score (nSPS) is 31.2. The molecule has 1 saturated carbocycles. The molecule has 0 aromatic heterocycles. The van der Waals surface area contributed by atoms with E-state index in [1.165, 1.54) is 12.8 Å². The van der Waals surface area contributed by atoms with Crippen molar-refractivity contribution >= 4 is 5.91 Å². The SMILES string of the molecule is COC1CCN(CC(NC2CC2)C(N)=O)C(C)C1. The van der Waals surface area contributed by atoms with Crippen LogP contribution < -0.4 is 11.1 Å². The Labute approximate surface area is 109 Å². The van der Waals surface area contributed by atoms with Crippen molar-refractivity contribution < 1.29 is 9.53 Å². The van der Waals surface area contributed by atoms with Gasteiger partial charge in [0.15, 0.2) is 0 Å². The molecule has 0 bridgehead atoms. The summed E-state index contributed by atoms with van der Waals surface area (Å²) >= 11 is 0. The molecule has 0 aromatic rings. The Morgan fingerprint density at radius 1 is 1.50 bits per heavy atom. The fraction of sp³-hybridized carbons (Fsp3) is 0.923.